The van der Waals surface area contributed by atoms with Crippen molar-refractivity contribution in [3.8, 4) is 0 Å². The Hall–Kier alpha value is -3.99. The second-order valence-corrected chi connectivity index (χ2v) is 10.5. The summed E-state index contributed by atoms with van der Waals surface area (Å²) in [6.45, 7) is 0.615. The van der Waals surface area contributed by atoms with Gasteiger partial charge >= 0.3 is 0 Å². The number of anilines is 1. The van der Waals surface area contributed by atoms with Crippen LogP contribution in [0.2, 0.25) is 5.02 Å². The smallest absolute Gasteiger partial charge is 0.257 e. The summed E-state index contributed by atoms with van der Waals surface area (Å²) in [5, 5.41) is 8.64. The molecule has 11 heteroatoms. The lowest BCUT2D eigenvalue weighted by molar-refractivity contribution is 0.0953. The van der Waals surface area contributed by atoms with Gasteiger partial charge in [0.2, 0.25) is 10.0 Å². The molecule has 0 spiro atoms. The number of primary sulfonamides is 1. The van der Waals surface area contributed by atoms with E-state index in [0.29, 0.717) is 40.2 Å². The minimum Gasteiger partial charge on any atom is -0.384 e. The van der Waals surface area contributed by atoms with Crippen LogP contribution in [0.1, 0.15) is 21.5 Å². The summed E-state index contributed by atoms with van der Waals surface area (Å²) >= 11 is 6.24. The van der Waals surface area contributed by atoms with Crippen LogP contribution in [0.15, 0.2) is 77.7 Å². The Morgan fingerprint density at radius 2 is 1.59 bits per heavy atom. The number of nitrogens with zero attached hydrogens (tertiary/aromatic N) is 3. The number of nitrogen functional groups attached to an aromatic ring is 1. The number of nitrogens with two attached hydrogens (primary N) is 2. The summed E-state index contributed by atoms with van der Waals surface area (Å²) in [5.41, 5.74) is 10.6. The van der Waals surface area contributed by atoms with Gasteiger partial charge in [-0.15, -0.1) is 0 Å². The normalized spacial score (nSPS) is 11.7. The Morgan fingerprint density at radius 3 is 2.27 bits per heavy atom. The van der Waals surface area contributed by atoms with Gasteiger partial charge in [0.05, 0.1) is 15.9 Å². The van der Waals surface area contributed by atoms with E-state index < -0.39 is 10.0 Å². The number of hydrogen-bond acceptors (Lipinski definition) is 6. The van der Waals surface area contributed by atoms with E-state index in [4.69, 9.17) is 32.4 Å². The van der Waals surface area contributed by atoms with E-state index >= 15 is 0 Å². The van der Waals surface area contributed by atoms with Crippen molar-refractivity contribution in [3.05, 3.63) is 94.5 Å². The van der Waals surface area contributed by atoms with E-state index in [1.807, 2.05) is 42.5 Å². The molecule has 0 fully saturated rings. The van der Waals surface area contributed by atoms with Gasteiger partial charge in [-0.05, 0) is 47.9 Å². The van der Waals surface area contributed by atoms with Crippen molar-refractivity contribution in [2.24, 2.45) is 5.14 Å². The van der Waals surface area contributed by atoms with Crippen LogP contribution in [0.4, 0.5) is 5.82 Å². The molecule has 0 radical (unpaired) electrons. The topological polar surface area (TPSA) is 146 Å². The summed E-state index contributed by atoms with van der Waals surface area (Å²) in [4.78, 5) is 22.8. The van der Waals surface area contributed by atoms with Crippen LogP contribution < -0.4 is 16.2 Å². The molecule has 1 amide bonds. The summed E-state index contributed by atoms with van der Waals surface area (Å²) in [5.74, 6) is -0.147. The third-order valence-corrected chi connectivity index (χ3v) is 7.39. The molecule has 188 valence electrons. The number of carbonyl (C=O) groups excluding carboxylic acids is 1. The molecule has 0 aliphatic rings. The SMILES string of the molecule is Nc1c(C(=O)NCc2ccccc2Cl)c2nc3ccccc3nc2n1CCc1ccc(S(N)(=O)=O)cc1. The number of aromatic nitrogens is 3. The van der Waals surface area contributed by atoms with Crippen molar-refractivity contribution in [2.75, 3.05) is 5.73 Å². The molecule has 2 aromatic heterocycles. The Kier molecular flexibility index (Phi) is 6.55. The largest absolute Gasteiger partial charge is 0.384 e. The van der Waals surface area contributed by atoms with E-state index in [-0.39, 0.29) is 28.7 Å². The molecule has 9 nitrogen and oxygen atoms in total. The van der Waals surface area contributed by atoms with Gasteiger partial charge in [-0.25, -0.2) is 23.5 Å². The summed E-state index contributed by atoms with van der Waals surface area (Å²) < 4.78 is 24.9. The molecular weight excluding hydrogens is 512 g/mol. The van der Waals surface area contributed by atoms with E-state index in [2.05, 4.69) is 5.32 Å². The van der Waals surface area contributed by atoms with E-state index in [1.165, 1.54) is 12.1 Å². The zero-order valence-electron chi connectivity index (χ0n) is 19.6. The molecule has 5 rings (SSSR count). The fraction of sp³-hybridized carbons (Fsp3) is 0.115. The Morgan fingerprint density at radius 1 is 0.946 bits per heavy atom. The standard InChI is InChI=1S/C26H23ClN6O3S/c27-19-6-2-1-5-17(19)15-30-26(34)22-23-25(32-21-8-4-3-7-20(21)31-23)33(24(22)28)14-13-16-9-11-18(12-10-16)37(29,35)36/h1-12H,13-15,28H2,(H,30,34)(H2,29,35,36). The predicted molar refractivity (Wildman–Crippen MR) is 144 cm³/mol. The molecule has 0 bridgehead atoms. The first-order valence-electron chi connectivity index (χ1n) is 11.4. The second-order valence-electron chi connectivity index (χ2n) is 8.51. The van der Waals surface area contributed by atoms with Crippen molar-refractivity contribution >= 4 is 55.5 Å². The lowest BCUT2D eigenvalue weighted by Gasteiger charge is -2.09. The number of fused-ring (bicyclic) bond motifs is 2. The quantitative estimate of drug-likeness (QED) is 0.290. The van der Waals surface area contributed by atoms with E-state index in [9.17, 15) is 13.2 Å². The first kappa shape index (κ1) is 24.7. The number of hydrogen-bond donors (Lipinski definition) is 3. The average Bonchev–Trinajstić information content (AvgIpc) is 3.15. The summed E-state index contributed by atoms with van der Waals surface area (Å²) in [7, 11) is -3.77. The maximum Gasteiger partial charge on any atom is 0.257 e. The van der Waals surface area contributed by atoms with Crippen molar-refractivity contribution < 1.29 is 13.2 Å². The highest BCUT2D eigenvalue weighted by Crippen LogP contribution is 2.28. The van der Waals surface area contributed by atoms with Crippen molar-refractivity contribution in [1.82, 2.24) is 19.9 Å². The molecular formula is C26H23ClN6O3S. The van der Waals surface area contributed by atoms with Crippen LogP contribution >= 0.6 is 11.6 Å². The highest BCUT2D eigenvalue weighted by atomic mass is 35.5. The minimum absolute atomic E-state index is 0.0389. The molecule has 5 N–H and O–H groups in total. The predicted octanol–water partition coefficient (Wildman–Crippen LogP) is 3.64. The lowest BCUT2D eigenvalue weighted by atomic mass is 10.1. The van der Waals surface area contributed by atoms with Crippen LogP contribution in [0.3, 0.4) is 0 Å². The molecule has 0 atom stereocenters. The van der Waals surface area contributed by atoms with E-state index in [1.54, 1.807) is 22.8 Å². The molecule has 0 aliphatic heterocycles. The van der Waals surface area contributed by atoms with Gasteiger partial charge < -0.3 is 15.6 Å². The maximum atomic E-state index is 13.3. The first-order chi connectivity index (χ1) is 17.7. The minimum atomic E-state index is -3.77. The molecule has 5 aromatic rings. The second kappa shape index (κ2) is 9.81. The van der Waals surface area contributed by atoms with Gasteiger partial charge in [-0.2, -0.15) is 0 Å². The molecule has 0 aliphatic carbocycles. The van der Waals surface area contributed by atoms with Gasteiger partial charge in [0.15, 0.2) is 5.65 Å². The molecule has 0 saturated carbocycles. The zero-order chi connectivity index (χ0) is 26.2. The van der Waals surface area contributed by atoms with Gasteiger partial charge in [0.1, 0.15) is 16.9 Å². The lowest BCUT2D eigenvalue weighted by Crippen LogP contribution is -2.24. The van der Waals surface area contributed by atoms with Crippen LogP contribution in [-0.4, -0.2) is 28.9 Å². The maximum absolute atomic E-state index is 13.3. The van der Waals surface area contributed by atoms with Crippen LogP contribution in [-0.2, 0) is 29.5 Å². The number of amides is 1. The highest BCUT2D eigenvalue weighted by molar-refractivity contribution is 7.89. The third kappa shape index (κ3) is 4.99. The van der Waals surface area contributed by atoms with Gasteiger partial charge in [0.25, 0.3) is 5.91 Å². The van der Waals surface area contributed by atoms with Crippen LogP contribution in [0.5, 0.6) is 0 Å². The number of benzene rings is 3. The van der Waals surface area contributed by atoms with Crippen molar-refractivity contribution in [3.63, 3.8) is 0 Å². The zero-order valence-corrected chi connectivity index (χ0v) is 21.1. The van der Waals surface area contributed by atoms with Crippen LogP contribution in [0.25, 0.3) is 22.2 Å². The molecule has 2 heterocycles. The Bertz CT molecular complexity index is 1750. The summed E-state index contributed by atoms with van der Waals surface area (Å²) in [6, 6.07) is 21.0. The number of sulfonamides is 1. The molecule has 37 heavy (non-hydrogen) atoms. The Labute approximate surface area is 218 Å². The first-order valence-corrected chi connectivity index (χ1v) is 13.3. The van der Waals surface area contributed by atoms with Gasteiger partial charge in [0, 0.05) is 18.1 Å². The Balaban J connectivity index is 1.51. The summed E-state index contributed by atoms with van der Waals surface area (Å²) in [6.07, 6.45) is 0.508. The van der Waals surface area contributed by atoms with Crippen molar-refractivity contribution in [1.29, 1.82) is 0 Å². The molecule has 0 saturated heterocycles. The van der Waals surface area contributed by atoms with E-state index in [0.717, 1.165) is 11.1 Å². The fourth-order valence-corrected chi connectivity index (χ4v) is 4.88. The average molecular weight is 535 g/mol. The highest BCUT2D eigenvalue weighted by Gasteiger charge is 2.24. The number of para-hydroxylation sites is 2. The number of rotatable bonds is 7. The fourth-order valence-electron chi connectivity index (χ4n) is 4.16. The monoisotopic (exact) mass is 534 g/mol. The third-order valence-electron chi connectivity index (χ3n) is 6.09. The van der Waals surface area contributed by atoms with Crippen molar-refractivity contribution in [2.45, 2.75) is 24.4 Å². The van der Waals surface area contributed by atoms with Crippen LogP contribution in [0, 0.1) is 0 Å². The number of aryl methyl sites for hydroxylation is 2. The number of halogens is 1. The van der Waals surface area contributed by atoms with Gasteiger partial charge in [-0.1, -0.05) is 54.1 Å². The molecule has 3 aromatic carbocycles. The van der Waals surface area contributed by atoms with Gasteiger partial charge in [-0.3, -0.25) is 4.79 Å². The number of nitrogens with one attached hydrogen (secondary N) is 1. The molecule has 0 unspecified atom stereocenters. The number of carbonyl (C=O) groups is 1.